The van der Waals surface area contributed by atoms with Crippen LogP contribution in [-0.2, 0) is 23.8 Å². The first-order chi connectivity index (χ1) is 32.7. The number of aliphatic hydroxyl groups excluding tert-OH is 5. The fourth-order valence-electron chi connectivity index (χ4n) is 8.19. The first kappa shape index (κ1) is 62.4. The van der Waals surface area contributed by atoms with Crippen molar-refractivity contribution in [1.82, 2.24) is 5.32 Å². The van der Waals surface area contributed by atoms with Gasteiger partial charge in [0.2, 0.25) is 5.91 Å². The molecule has 388 valence electrons. The largest absolute Gasteiger partial charge is 0.454 e. The zero-order valence-corrected chi connectivity index (χ0v) is 42.5. The molecule has 0 aromatic rings. The summed E-state index contributed by atoms with van der Waals surface area (Å²) in [5, 5.41) is 56.6. The molecule has 6 N–H and O–H groups in total. The number of nitrogens with one attached hydrogen (secondary N) is 1. The Hall–Kier alpha value is -2.64. The maximum atomic E-state index is 13.3. The second-order valence-electron chi connectivity index (χ2n) is 18.7. The van der Waals surface area contributed by atoms with Gasteiger partial charge in [0.15, 0.2) is 12.4 Å². The van der Waals surface area contributed by atoms with Gasteiger partial charge in [-0.25, -0.2) is 0 Å². The molecule has 1 saturated heterocycles. The van der Waals surface area contributed by atoms with Crippen LogP contribution in [0.5, 0.6) is 0 Å². The molecular formula is C56H99NO10. The maximum absolute atomic E-state index is 13.3. The molecule has 0 aromatic heterocycles. The van der Waals surface area contributed by atoms with Gasteiger partial charge in [0.1, 0.15) is 24.4 Å². The summed E-state index contributed by atoms with van der Waals surface area (Å²) in [4.78, 5) is 26.4. The lowest BCUT2D eigenvalue weighted by molar-refractivity contribution is -0.305. The van der Waals surface area contributed by atoms with E-state index in [4.69, 9.17) is 14.2 Å². The molecule has 11 heteroatoms. The highest BCUT2D eigenvalue weighted by Gasteiger charge is 2.47. The Kier molecular flexibility index (Phi) is 41.5. The van der Waals surface area contributed by atoms with Crippen LogP contribution in [0.25, 0.3) is 0 Å². The van der Waals surface area contributed by atoms with Crippen LogP contribution < -0.4 is 5.32 Å². The van der Waals surface area contributed by atoms with E-state index in [1.54, 1.807) is 6.08 Å². The van der Waals surface area contributed by atoms with Crippen molar-refractivity contribution in [1.29, 1.82) is 0 Å². The van der Waals surface area contributed by atoms with E-state index in [9.17, 15) is 35.1 Å². The SMILES string of the molecule is CC/C=C/C=C/C=C/C=C\CCCCCCCC(=O)OC1C(OCC(NC(=O)C(O)CCCCCCCCCCCCCC)C(O)/C=C/CCCCCCCCCCC)OC(CO)C(O)C1O. The van der Waals surface area contributed by atoms with Crippen molar-refractivity contribution in [2.75, 3.05) is 13.2 Å². The van der Waals surface area contributed by atoms with Gasteiger partial charge >= 0.3 is 5.97 Å². The fraction of sp³-hybridized carbons (Fsp3) is 0.786. The molecule has 1 aliphatic heterocycles. The number of carbonyl (C=O) groups is 2. The molecule has 1 aliphatic rings. The molecule has 0 saturated carbocycles. The van der Waals surface area contributed by atoms with E-state index in [0.29, 0.717) is 19.3 Å². The second kappa shape index (κ2) is 44.6. The van der Waals surface area contributed by atoms with Crippen molar-refractivity contribution < 1.29 is 49.3 Å². The van der Waals surface area contributed by atoms with Gasteiger partial charge in [-0.3, -0.25) is 9.59 Å². The van der Waals surface area contributed by atoms with Gasteiger partial charge in [0, 0.05) is 6.42 Å². The molecule has 1 amide bonds. The Bertz CT molecular complexity index is 1320. The standard InChI is InChI=1S/C56H99NO10/c1-4-7-10-13-16-19-22-24-25-26-29-32-35-38-41-44-51(61)67-54-53(63)52(62)50(45-58)66-56(54)65-46-47(48(59)42-39-36-33-30-27-21-18-15-12-9-6-3)57-55(64)49(60)43-40-37-34-31-28-23-20-17-14-11-8-5-2/h7,10,13,16,19,22,24-25,39,42,47-50,52-54,56,58-60,62-63H,4-6,8-9,11-12,14-15,17-18,20-21,23,26-38,40-41,43-46H2,1-3H3,(H,57,64)/b10-7+,16-13+,22-19+,25-24-,42-39+. The summed E-state index contributed by atoms with van der Waals surface area (Å²) < 4.78 is 17.5. The summed E-state index contributed by atoms with van der Waals surface area (Å²) in [5.74, 6) is -1.22. The summed E-state index contributed by atoms with van der Waals surface area (Å²) in [6.45, 7) is 5.60. The summed E-state index contributed by atoms with van der Waals surface area (Å²) >= 11 is 0. The number of unbranched alkanes of at least 4 members (excludes halogenated alkanes) is 25. The second-order valence-corrected chi connectivity index (χ2v) is 18.7. The van der Waals surface area contributed by atoms with E-state index in [1.807, 2.05) is 42.5 Å². The Morgan fingerprint density at radius 3 is 1.61 bits per heavy atom. The average Bonchev–Trinajstić information content (AvgIpc) is 3.32. The molecule has 1 heterocycles. The minimum Gasteiger partial charge on any atom is -0.454 e. The lowest BCUT2D eigenvalue weighted by Gasteiger charge is -2.41. The van der Waals surface area contributed by atoms with Gasteiger partial charge in [-0.2, -0.15) is 0 Å². The average molecular weight is 946 g/mol. The van der Waals surface area contributed by atoms with Gasteiger partial charge in [-0.05, 0) is 44.9 Å². The third kappa shape index (κ3) is 33.5. The van der Waals surface area contributed by atoms with Crippen LogP contribution in [0.1, 0.15) is 220 Å². The molecule has 67 heavy (non-hydrogen) atoms. The molecule has 0 bridgehead atoms. The Labute approximate surface area is 408 Å². The zero-order valence-electron chi connectivity index (χ0n) is 42.5. The van der Waals surface area contributed by atoms with Crippen molar-refractivity contribution in [2.45, 2.75) is 269 Å². The predicted octanol–water partition coefficient (Wildman–Crippen LogP) is 11.5. The van der Waals surface area contributed by atoms with Crippen LogP contribution in [0.3, 0.4) is 0 Å². The van der Waals surface area contributed by atoms with Crippen LogP contribution in [0.15, 0.2) is 60.8 Å². The number of allylic oxidation sites excluding steroid dienone is 9. The van der Waals surface area contributed by atoms with Crippen molar-refractivity contribution in [2.24, 2.45) is 0 Å². The number of hydrogen-bond donors (Lipinski definition) is 6. The number of esters is 1. The normalized spacial score (nSPS) is 20.5. The lowest BCUT2D eigenvalue weighted by atomic mass is 9.99. The lowest BCUT2D eigenvalue weighted by Crippen LogP contribution is -2.61. The van der Waals surface area contributed by atoms with E-state index < -0.39 is 67.4 Å². The van der Waals surface area contributed by atoms with Crippen LogP contribution >= 0.6 is 0 Å². The monoisotopic (exact) mass is 946 g/mol. The van der Waals surface area contributed by atoms with Crippen LogP contribution in [0.4, 0.5) is 0 Å². The number of aliphatic hydroxyl groups is 5. The van der Waals surface area contributed by atoms with Gasteiger partial charge < -0.3 is 45.1 Å². The Morgan fingerprint density at radius 1 is 0.597 bits per heavy atom. The molecule has 0 aromatic carbocycles. The van der Waals surface area contributed by atoms with Gasteiger partial charge in [0.25, 0.3) is 0 Å². The zero-order chi connectivity index (χ0) is 49.0. The molecule has 0 spiro atoms. The quantitative estimate of drug-likeness (QED) is 0.0149. The van der Waals surface area contributed by atoms with Crippen molar-refractivity contribution in [3.63, 3.8) is 0 Å². The van der Waals surface area contributed by atoms with Crippen molar-refractivity contribution in [3.8, 4) is 0 Å². The third-order valence-corrected chi connectivity index (χ3v) is 12.5. The smallest absolute Gasteiger partial charge is 0.306 e. The van der Waals surface area contributed by atoms with Crippen molar-refractivity contribution >= 4 is 11.9 Å². The van der Waals surface area contributed by atoms with E-state index >= 15 is 0 Å². The number of carbonyl (C=O) groups excluding carboxylic acids is 2. The van der Waals surface area contributed by atoms with Crippen molar-refractivity contribution in [3.05, 3.63) is 60.8 Å². The molecule has 8 unspecified atom stereocenters. The highest BCUT2D eigenvalue weighted by molar-refractivity contribution is 5.80. The molecule has 1 fully saturated rings. The van der Waals surface area contributed by atoms with Gasteiger partial charge in [0.05, 0.1) is 25.4 Å². The highest BCUT2D eigenvalue weighted by atomic mass is 16.7. The minimum absolute atomic E-state index is 0.0966. The first-order valence-electron chi connectivity index (χ1n) is 27.1. The summed E-state index contributed by atoms with van der Waals surface area (Å²) in [6.07, 6.45) is 42.7. The molecule has 11 nitrogen and oxygen atoms in total. The number of rotatable bonds is 44. The molecule has 8 atom stereocenters. The summed E-state index contributed by atoms with van der Waals surface area (Å²) in [6, 6.07) is -1.03. The molecule has 0 aliphatic carbocycles. The summed E-state index contributed by atoms with van der Waals surface area (Å²) in [5.41, 5.74) is 0. The molecular weight excluding hydrogens is 847 g/mol. The third-order valence-electron chi connectivity index (χ3n) is 12.5. The Balaban J connectivity index is 2.77. The number of amides is 1. The number of ether oxygens (including phenoxy) is 3. The highest BCUT2D eigenvalue weighted by Crippen LogP contribution is 2.26. The Morgan fingerprint density at radius 2 is 1.07 bits per heavy atom. The van der Waals surface area contributed by atoms with E-state index in [2.05, 4.69) is 38.2 Å². The van der Waals surface area contributed by atoms with E-state index in [0.717, 1.165) is 77.0 Å². The van der Waals surface area contributed by atoms with Crippen LogP contribution in [-0.4, -0.2) is 99.6 Å². The predicted molar refractivity (Wildman–Crippen MR) is 273 cm³/mol. The fourth-order valence-corrected chi connectivity index (χ4v) is 8.19. The van der Waals surface area contributed by atoms with Crippen LogP contribution in [0, 0.1) is 0 Å². The topological polar surface area (TPSA) is 175 Å². The van der Waals surface area contributed by atoms with Gasteiger partial charge in [-0.1, -0.05) is 229 Å². The molecule has 0 radical (unpaired) electrons. The number of hydrogen-bond acceptors (Lipinski definition) is 10. The van der Waals surface area contributed by atoms with E-state index in [1.165, 1.54) is 96.3 Å². The molecule has 1 rings (SSSR count). The van der Waals surface area contributed by atoms with Crippen LogP contribution in [0.2, 0.25) is 0 Å². The first-order valence-corrected chi connectivity index (χ1v) is 27.1. The maximum Gasteiger partial charge on any atom is 0.306 e. The van der Waals surface area contributed by atoms with Gasteiger partial charge in [-0.15, -0.1) is 0 Å². The summed E-state index contributed by atoms with van der Waals surface area (Å²) in [7, 11) is 0. The minimum atomic E-state index is -1.62. The van der Waals surface area contributed by atoms with E-state index in [-0.39, 0.29) is 13.0 Å².